The minimum Gasteiger partial charge on any atom is -0.486 e. The molecule has 4 rings (SSSR count). The van der Waals surface area contributed by atoms with Gasteiger partial charge in [0.15, 0.2) is 17.1 Å². The molecule has 0 aliphatic carbocycles. The molecule has 0 saturated carbocycles. The van der Waals surface area contributed by atoms with Gasteiger partial charge in [0.1, 0.15) is 18.7 Å². The fraction of sp³-hybridized carbons (Fsp3) is 0.333. The number of sulfonamides is 1. The Bertz CT molecular complexity index is 1260. The van der Waals surface area contributed by atoms with Crippen molar-refractivity contribution in [1.29, 1.82) is 0 Å². The zero-order valence-electron chi connectivity index (χ0n) is 17.9. The number of nitrogens with zero attached hydrogens (tertiary/aromatic N) is 3. The molecule has 170 valence electrons. The van der Waals surface area contributed by atoms with Gasteiger partial charge in [-0.1, -0.05) is 17.8 Å². The number of carbonyl (C=O) groups is 1. The molecule has 0 bridgehead atoms. The highest BCUT2D eigenvalue weighted by Gasteiger charge is 2.20. The van der Waals surface area contributed by atoms with Crippen LogP contribution in [-0.4, -0.2) is 68.6 Å². The van der Waals surface area contributed by atoms with E-state index < -0.39 is 10.0 Å². The van der Waals surface area contributed by atoms with Crippen LogP contribution in [0.3, 0.4) is 0 Å². The summed E-state index contributed by atoms with van der Waals surface area (Å²) in [7, 11) is 1.10. The van der Waals surface area contributed by atoms with Crippen molar-refractivity contribution in [1.82, 2.24) is 14.2 Å². The van der Waals surface area contributed by atoms with Crippen LogP contribution in [0.5, 0.6) is 11.5 Å². The van der Waals surface area contributed by atoms with Crippen molar-refractivity contribution in [3.05, 3.63) is 42.0 Å². The number of hydrogen-bond acceptors (Lipinski definition) is 8. The maximum atomic E-state index is 12.6. The molecule has 0 N–H and O–H groups in total. The molecule has 1 aliphatic heterocycles. The standard InChI is InChI=1S/C21H23N3O6S2/c1-23(2)32(26,27)15-5-7-17-16(11-15)22-21(30-17)31-13-20(25)24(3)12-14-4-6-18-19(10-14)29-9-8-28-18/h4-7,10-11H,8-9,12-13H2,1-3H3. The zero-order valence-corrected chi connectivity index (χ0v) is 19.5. The van der Waals surface area contributed by atoms with E-state index in [0.29, 0.717) is 47.6 Å². The molecule has 0 atom stereocenters. The number of amides is 1. The predicted molar refractivity (Wildman–Crippen MR) is 120 cm³/mol. The lowest BCUT2D eigenvalue weighted by molar-refractivity contribution is -0.127. The molecule has 3 aromatic rings. The van der Waals surface area contributed by atoms with Gasteiger partial charge in [-0.05, 0) is 35.9 Å². The van der Waals surface area contributed by atoms with E-state index in [1.165, 1.54) is 26.2 Å². The van der Waals surface area contributed by atoms with Crippen molar-refractivity contribution in [2.24, 2.45) is 0 Å². The largest absolute Gasteiger partial charge is 0.486 e. The van der Waals surface area contributed by atoms with Gasteiger partial charge < -0.3 is 18.8 Å². The van der Waals surface area contributed by atoms with Crippen LogP contribution in [0.25, 0.3) is 11.1 Å². The monoisotopic (exact) mass is 477 g/mol. The van der Waals surface area contributed by atoms with Gasteiger partial charge in [-0.15, -0.1) is 0 Å². The fourth-order valence-corrected chi connectivity index (χ4v) is 4.80. The minimum absolute atomic E-state index is 0.0944. The smallest absolute Gasteiger partial charge is 0.257 e. The lowest BCUT2D eigenvalue weighted by atomic mass is 10.2. The van der Waals surface area contributed by atoms with Gasteiger partial charge in [-0.25, -0.2) is 17.7 Å². The molecule has 11 heteroatoms. The predicted octanol–water partition coefficient (Wildman–Crippen LogP) is 2.60. The second kappa shape index (κ2) is 9.00. The first kappa shape index (κ1) is 22.4. The van der Waals surface area contributed by atoms with Crippen molar-refractivity contribution in [2.75, 3.05) is 40.1 Å². The third-order valence-electron chi connectivity index (χ3n) is 4.89. The molecule has 0 radical (unpaired) electrons. The van der Waals surface area contributed by atoms with Crippen LogP contribution in [0.1, 0.15) is 5.56 Å². The lowest BCUT2D eigenvalue weighted by Gasteiger charge is -2.21. The molecule has 2 aromatic carbocycles. The van der Waals surface area contributed by atoms with Crippen molar-refractivity contribution in [2.45, 2.75) is 16.7 Å². The van der Waals surface area contributed by atoms with Crippen LogP contribution in [0.4, 0.5) is 0 Å². The summed E-state index contributed by atoms with van der Waals surface area (Å²) < 4.78 is 42.5. The molecule has 9 nitrogen and oxygen atoms in total. The average Bonchev–Trinajstić information content (AvgIpc) is 3.19. The average molecular weight is 478 g/mol. The highest BCUT2D eigenvalue weighted by atomic mass is 32.2. The number of ether oxygens (including phenoxy) is 2. The summed E-state index contributed by atoms with van der Waals surface area (Å²) >= 11 is 1.16. The van der Waals surface area contributed by atoms with Crippen molar-refractivity contribution < 1.29 is 27.1 Å². The van der Waals surface area contributed by atoms with E-state index in [1.807, 2.05) is 18.2 Å². The number of carbonyl (C=O) groups excluding carboxylic acids is 1. The van der Waals surface area contributed by atoms with E-state index in [4.69, 9.17) is 13.9 Å². The second-order valence-corrected chi connectivity index (χ2v) is 10.5. The van der Waals surface area contributed by atoms with Gasteiger partial charge in [0, 0.05) is 27.7 Å². The van der Waals surface area contributed by atoms with Crippen LogP contribution in [-0.2, 0) is 21.4 Å². The van der Waals surface area contributed by atoms with E-state index in [1.54, 1.807) is 18.0 Å². The summed E-state index contributed by atoms with van der Waals surface area (Å²) in [4.78, 5) is 18.7. The van der Waals surface area contributed by atoms with E-state index in [9.17, 15) is 13.2 Å². The summed E-state index contributed by atoms with van der Waals surface area (Å²) in [6.45, 7) is 1.47. The molecule has 0 fully saturated rings. The van der Waals surface area contributed by atoms with Crippen LogP contribution < -0.4 is 9.47 Å². The molecule has 32 heavy (non-hydrogen) atoms. The molecule has 0 saturated heterocycles. The number of hydrogen-bond donors (Lipinski definition) is 0. The molecule has 1 aromatic heterocycles. The maximum absolute atomic E-state index is 12.6. The fourth-order valence-electron chi connectivity index (χ4n) is 3.10. The summed E-state index contributed by atoms with van der Waals surface area (Å²) in [5.41, 5.74) is 1.82. The first-order valence-corrected chi connectivity index (χ1v) is 12.2. The van der Waals surface area contributed by atoms with Crippen molar-refractivity contribution >= 4 is 38.8 Å². The van der Waals surface area contributed by atoms with Gasteiger partial charge in [0.25, 0.3) is 5.22 Å². The first-order valence-electron chi connectivity index (χ1n) is 9.82. The number of fused-ring (bicyclic) bond motifs is 2. The third-order valence-corrected chi connectivity index (χ3v) is 7.51. The summed E-state index contributed by atoms with van der Waals surface area (Å²) in [5, 5.41) is 0.306. The first-order chi connectivity index (χ1) is 15.2. The minimum atomic E-state index is -3.56. The van der Waals surface area contributed by atoms with Gasteiger partial charge in [-0.2, -0.15) is 0 Å². The Hall–Kier alpha value is -2.76. The molecule has 2 heterocycles. The number of benzene rings is 2. The SMILES string of the molecule is CN(Cc1ccc2c(c1)OCCO2)C(=O)CSc1nc2cc(S(=O)(=O)N(C)C)ccc2o1. The lowest BCUT2D eigenvalue weighted by Crippen LogP contribution is -2.27. The maximum Gasteiger partial charge on any atom is 0.257 e. The molecular formula is C21H23N3O6S2. The highest BCUT2D eigenvalue weighted by molar-refractivity contribution is 7.99. The third kappa shape index (κ3) is 4.69. The number of thioether (sulfide) groups is 1. The number of rotatable bonds is 7. The van der Waals surface area contributed by atoms with Crippen molar-refractivity contribution in [3.8, 4) is 11.5 Å². The van der Waals surface area contributed by atoms with E-state index in [2.05, 4.69) is 4.98 Å². The van der Waals surface area contributed by atoms with Crippen LogP contribution in [0.15, 0.2) is 50.9 Å². The molecule has 0 unspecified atom stereocenters. The van der Waals surface area contributed by atoms with Crippen LogP contribution in [0, 0.1) is 0 Å². The molecule has 1 amide bonds. The quantitative estimate of drug-likeness (QED) is 0.479. The Labute approximate surface area is 190 Å². The Kier molecular flexibility index (Phi) is 6.31. The van der Waals surface area contributed by atoms with E-state index in [-0.39, 0.29) is 16.6 Å². The van der Waals surface area contributed by atoms with Crippen LogP contribution in [0.2, 0.25) is 0 Å². The second-order valence-electron chi connectivity index (χ2n) is 7.41. The Morgan fingerprint density at radius 3 is 2.56 bits per heavy atom. The number of aromatic nitrogens is 1. The van der Waals surface area contributed by atoms with Crippen LogP contribution >= 0.6 is 11.8 Å². The molecule has 1 aliphatic rings. The zero-order chi connectivity index (χ0) is 22.9. The number of oxazole rings is 1. The van der Waals surface area contributed by atoms with E-state index in [0.717, 1.165) is 21.6 Å². The molecule has 0 spiro atoms. The Morgan fingerprint density at radius 2 is 1.81 bits per heavy atom. The summed E-state index contributed by atoms with van der Waals surface area (Å²) in [5.74, 6) is 1.44. The highest BCUT2D eigenvalue weighted by Crippen LogP contribution is 2.31. The summed E-state index contributed by atoms with van der Waals surface area (Å²) in [6, 6.07) is 10.1. The van der Waals surface area contributed by atoms with E-state index >= 15 is 0 Å². The van der Waals surface area contributed by atoms with Gasteiger partial charge in [-0.3, -0.25) is 4.79 Å². The Balaban J connectivity index is 1.39. The normalized spacial score (nSPS) is 13.5. The Morgan fingerprint density at radius 1 is 1.06 bits per heavy atom. The van der Waals surface area contributed by atoms with Gasteiger partial charge in [0.05, 0.1) is 10.6 Å². The van der Waals surface area contributed by atoms with Gasteiger partial charge >= 0.3 is 0 Å². The molecular weight excluding hydrogens is 454 g/mol. The van der Waals surface area contributed by atoms with Gasteiger partial charge in [0.2, 0.25) is 15.9 Å². The topological polar surface area (TPSA) is 102 Å². The summed E-state index contributed by atoms with van der Waals surface area (Å²) in [6.07, 6.45) is 0. The van der Waals surface area contributed by atoms with Crippen molar-refractivity contribution in [3.63, 3.8) is 0 Å².